The van der Waals surface area contributed by atoms with Crippen LogP contribution in [0.4, 0.5) is 11.4 Å². The number of nitro benzene ring substituents is 1. The van der Waals surface area contributed by atoms with Gasteiger partial charge in [-0.1, -0.05) is 12.1 Å². The number of carbonyl (C=O) groups excluding carboxylic acids is 1. The van der Waals surface area contributed by atoms with Crippen LogP contribution in [-0.4, -0.2) is 48.5 Å². The summed E-state index contributed by atoms with van der Waals surface area (Å²) in [5, 5.41) is 17.6. The standard InChI is InChI=1S/C23H28N4O4/c1-31-19-9-4-16(5-10-19)22(26-12-2-3-13-26)15-24-23(28)17-6-11-20(25-18-7-8-18)21(14-17)27(29)30/h4-6,9-11,14,18,22,25H,2-3,7-8,12-13,15H2,1H3,(H,24,28). The lowest BCUT2D eigenvalue weighted by atomic mass is 10.0. The third-order valence-electron chi connectivity index (χ3n) is 5.93. The summed E-state index contributed by atoms with van der Waals surface area (Å²) in [6, 6.07) is 12.9. The second-order valence-corrected chi connectivity index (χ2v) is 8.15. The molecule has 2 N–H and O–H groups in total. The number of likely N-dealkylation sites (tertiary alicyclic amines) is 1. The lowest BCUT2D eigenvalue weighted by Gasteiger charge is -2.28. The monoisotopic (exact) mass is 424 g/mol. The van der Waals surface area contributed by atoms with Crippen LogP contribution in [0.1, 0.15) is 47.6 Å². The van der Waals surface area contributed by atoms with E-state index in [2.05, 4.69) is 15.5 Å². The summed E-state index contributed by atoms with van der Waals surface area (Å²) >= 11 is 0. The lowest BCUT2D eigenvalue weighted by molar-refractivity contribution is -0.384. The van der Waals surface area contributed by atoms with Crippen LogP contribution in [0.3, 0.4) is 0 Å². The van der Waals surface area contributed by atoms with Gasteiger partial charge in [-0.15, -0.1) is 0 Å². The van der Waals surface area contributed by atoms with Crippen LogP contribution in [0.2, 0.25) is 0 Å². The molecule has 8 nitrogen and oxygen atoms in total. The molecule has 1 atom stereocenters. The fourth-order valence-corrected chi connectivity index (χ4v) is 4.02. The van der Waals surface area contributed by atoms with Gasteiger partial charge in [-0.2, -0.15) is 0 Å². The predicted molar refractivity (Wildman–Crippen MR) is 119 cm³/mol. The average Bonchev–Trinajstić information content (AvgIpc) is 3.44. The minimum atomic E-state index is -0.439. The van der Waals surface area contributed by atoms with Crippen LogP contribution in [0.25, 0.3) is 0 Å². The molecule has 1 unspecified atom stereocenters. The summed E-state index contributed by atoms with van der Waals surface area (Å²) in [5.41, 5.74) is 1.81. The number of nitrogens with zero attached hydrogens (tertiary/aromatic N) is 2. The number of amides is 1. The highest BCUT2D eigenvalue weighted by molar-refractivity contribution is 5.95. The van der Waals surface area contributed by atoms with Crippen molar-refractivity contribution in [2.24, 2.45) is 0 Å². The maximum Gasteiger partial charge on any atom is 0.293 e. The second kappa shape index (κ2) is 9.34. The van der Waals surface area contributed by atoms with Crippen molar-refractivity contribution in [1.82, 2.24) is 10.2 Å². The molecule has 0 aromatic heterocycles. The molecule has 0 radical (unpaired) electrons. The zero-order valence-electron chi connectivity index (χ0n) is 17.7. The van der Waals surface area contributed by atoms with Gasteiger partial charge in [-0.05, 0) is 68.6 Å². The number of ether oxygens (including phenoxy) is 1. The molecule has 2 aliphatic rings. The van der Waals surface area contributed by atoms with Gasteiger partial charge in [-0.25, -0.2) is 0 Å². The SMILES string of the molecule is COc1ccc(C(CNC(=O)c2ccc(NC3CC3)c([N+](=O)[O-])c2)N2CCCC2)cc1. The van der Waals surface area contributed by atoms with Crippen molar-refractivity contribution in [2.45, 2.75) is 37.8 Å². The fraction of sp³-hybridized carbons (Fsp3) is 0.435. The third kappa shape index (κ3) is 5.14. The molecule has 1 heterocycles. The Balaban J connectivity index is 1.47. The molecule has 2 aromatic carbocycles. The number of hydrogen-bond acceptors (Lipinski definition) is 6. The van der Waals surface area contributed by atoms with Crippen LogP contribution in [0.15, 0.2) is 42.5 Å². The van der Waals surface area contributed by atoms with Crippen molar-refractivity contribution in [3.63, 3.8) is 0 Å². The molecule has 164 valence electrons. The summed E-state index contributed by atoms with van der Waals surface area (Å²) in [7, 11) is 1.64. The van der Waals surface area contributed by atoms with E-state index in [4.69, 9.17) is 4.74 Å². The first-order chi connectivity index (χ1) is 15.0. The van der Waals surface area contributed by atoms with Crippen LogP contribution in [0, 0.1) is 10.1 Å². The van der Waals surface area contributed by atoms with E-state index < -0.39 is 4.92 Å². The molecule has 1 saturated heterocycles. The maximum absolute atomic E-state index is 12.8. The molecule has 1 amide bonds. The Hall–Kier alpha value is -3.13. The summed E-state index contributed by atoms with van der Waals surface area (Å²) < 4.78 is 5.25. The quantitative estimate of drug-likeness (QED) is 0.470. The number of nitrogens with one attached hydrogen (secondary N) is 2. The van der Waals surface area contributed by atoms with Crippen molar-refractivity contribution in [1.29, 1.82) is 0 Å². The number of hydrogen-bond donors (Lipinski definition) is 2. The van der Waals surface area contributed by atoms with Crippen LogP contribution in [0.5, 0.6) is 5.75 Å². The van der Waals surface area contributed by atoms with Crippen LogP contribution < -0.4 is 15.4 Å². The van der Waals surface area contributed by atoms with E-state index in [0.29, 0.717) is 23.8 Å². The normalized spacial score (nSPS) is 17.2. The zero-order chi connectivity index (χ0) is 21.8. The van der Waals surface area contributed by atoms with E-state index in [0.717, 1.165) is 50.1 Å². The van der Waals surface area contributed by atoms with E-state index in [1.807, 2.05) is 24.3 Å². The van der Waals surface area contributed by atoms with Gasteiger partial charge in [0.05, 0.1) is 18.1 Å². The number of anilines is 1. The summed E-state index contributed by atoms with van der Waals surface area (Å²) in [6.45, 7) is 2.40. The number of rotatable bonds is 9. The first kappa shape index (κ1) is 21.1. The molecule has 0 spiro atoms. The highest BCUT2D eigenvalue weighted by atomic mass is 16.6. The molecule has 0 bridgehead atoms. The Morgan fingerprint density at radius 3 is 2.52 bits per heavy atom. The molecular weight excluding hydrogens is 396 g/mol. The predicted octanol–water partition coefficient (Wildman–Crippen LogP) is 3.74. The number of nitro groups is 1. The van der Waals surface area contributed by atoms with E-state index >= 15 is 0 Å². The van der Waals surface area contributed by atoms with Crippen LogP contribution >= 0.6 is 0 Å². The van der Waals surface area contributed by atoms with Gasteiger partial charge in [0.2, 0.25) is 0 Å². The van der Waals surface area contributed by atoms with Gasteiger partial charge in [0.25, 0.3) is 11.6 Å². The number of methoxy groups -OCH3 is 1. The van der Waals surface area contributed by atoms with E-state index in [-0.39, 0.29) is 17.6 Å². The number of carbonyl (C=O) groups is 1. The topological polar surface area (TPSA) is 96.7 Å². The summed E-state index contributed by atoms with van der Waals surface area (Å²) in [5.74, 6) is 0.485. The number of benzene rings is 2. The van der Waals surface area contributed by atoms with Crippen molar-refractivity contribution >= 4 is 17.3 Å². The Morgan fingerprint density at radius 1 is 1.19 bits per heavy atom. The van der Waals surface area contributed by atoms with E-state index in [1.165, 1.54) is 6.07 Å². The Labute approximate surface area is 181 Å². The zero-order valence-corrected chi connectivity index (χ0v) is 17.7. The van der Waals surface area contributed by atoms with Gasteiger partial charge in [-0.3, -0.25) is 19.8 Å². The summed E-state index contributed by atoms with van der Waals surface area (Å²) in [4.78, 5) is 26.2. The van der Waals surface area contributed by atoms with Gasteiger partial charge < -0.3 is 15.4 Å². The lowest BCUT2D eigenvalue weighted by Crippen LogP contribution is -2.36. The Bertz CT molecular complexity index is 937. The smallest absolute Gasteiger partial charge is 0.293 e. The Morgan fingerprint density at radius 2 is 1.90 bits per heavy atom. The van der Waals surface area contributed by atoms with Crippen molar-refractivity contribution < 1.29 is 14.5 Å². The first-order valence-electron chi connectivity index (χ1n) is 10.8. The highest BCUT2D eigenvalue weighted by Crippen LogP contribution is 2.32. The van der Waals surface area contributed by atoms with Crippen molar-refractivity contribution in [3.8, 4) is 5.75 Å². The molecular formula is C23H28N4O4. The molecule has 8 heteroatoms. The first-order valence-corrected chi connectivity index (χ1v) is 10.8. The minimum Gasteiger partial charge on any atom is -0.497 e. The molecule has 1 saturated carbocycles. The van der Waals surface area contributed by atoms with Crippen molar-refractivity contribution in [2.75, 3.05) is 32.1 Å². The van der Waals surface area contributed by atoms with Crippen molar-refractivity contribution in [3.05, 3.63) is 63.7 Å². The van der Waals surface area contributed by atoms with Gasteiger partial charge in [0.15, 0.2) is 0 Å². The molecule has 2 fully saturated rings. The van der Waals surface area contributed by atoms with Gasteiger partial charge in [0, 0.05) is 24.2 Å². The molecule has 1 aliphatic heterocycles. The average molecular weight is 425 g/mol. The second-order valence-electron chi connectivity index (χ2n) is 8.15. The third-order valence-corrected chi connectivity index (χ3v) is 5.93. The maximum atomic E-state index is 12.8. The van der Waals surface area contributed by atoms with Gasteiger partial charge in [0.1, 0.15) is 11.4 Å². The largest absolute Gasteiger partial charge is 0.497 e. The van der Waals surface area contributed by atoms with E-state index in [9.17, 15) is 14.9 Å². The molecule has 1 aliphatic carbocycles. The molecule has 4 rings (SSSR count). The summed E-state index contributed by atoms with van der Waals surface area (Å²) in [6.07, 6.45) is 4.32. The van der Waals surface area contributed by atoms with Gasteiger partial charge >= 0.3 is 0 Å². The Kier molecular flexibility index (Phi) is 6.36. The fourth-order valence-electron chi connectivity index (χ4n) is 4.02. The van der Waals surface area contributed by atoms with Crippen LogP contribution in [-0.2, 0) is 0 Å². The van der Waals surface area contributed by atoms with E-state index in [1.54, 1.807) is 19.2 Å². The highest BCUT2D eigenvalue weighted by Gasteiger charge is 2.27. The molecule has 31 heavy (non-hydrogen) atoms. The molecule has 2 aromatic rings. The minimum absolute atomic E-state index is 0.0446.